The molecule has 1 heterocycles. The van der Waals surface area contributed by atoms with Crippen molar-refractivity contribution in [2.24, 2.45) is 11.1 Å². The third kappa shape index (κ3) is 2.93. The van der Waals surface area contributed by atoms with Gasteiger partial charge >= 0.3 is 0 Å². The van der Waals surface area contributed by atoms with Gasteiger partial charge in [-0.25, -0.2) is 13.1 Å². The first-order chi connectivity index (χ1) is 8.34. The second-order valence-corrected chi connectivity index (χ2v) is 8.32. The zero-order valence-electron chi connectivity index (χ0n) is 10.8. The van der Waals surface area contributed by atoms with Crippen molar-refractivity contribution in [3.63, 3.8) is 0 Å². The molecule has 1 unspecified atom stereocenters. The average Bonchev–Trinajstić information content (AvgIpc) is 2.84. The quantitative estimate of drug-likeness (QED) is 0.891. The highest BCUT2D eigenvalue weighted by Crippen LogP contribution is 2.37. The maximum atomic E-state index is 12.3. The summed E-state index contributed by atoms with van der Waals surface area (Å²) < 4.78 is 27.4. The Morgan fingerprint density at radius 2 is 2.28 bits per heavy atom. The minimum Gasteiger partial charge on any atom is -0.326 e. The van der Waals surface area contributed by atoms with Crippen molar-refractivity contribution < 1.29 is 8.42 Å². The van der Waals surface area contributed by atoms with Crippen molar-refractivity contribution in [2.45, 2.75) is 50.6 Å². The molecule has 1 aromatic rings. The lowest BCUT2D eigenvalue weighted by Crippen LogP contribution is -2.33. The zero-order chi connectivity index (χ0) is 13.4. The molecule has 0 radical (unpaired) electrons. The van der Waals surface area contributed by atoms with Gasteiger partial charge in [0.1, 0.15) is 0 Å². The molecule has 2 rings (SSSR count). The van der Waals surface area contributed by atoms with Gasteiger partial charge in [0.15, 0.2) is 0 Å². The van der Waals surface area contributed by atoms with Crippen molar-refractivity contribution in [1.82, 2.24) is 4.72 Å². The van der Waals surface area contributed by atoms with Crippen LogP contribution < -0.4 is 10.5 Å². The van der Waals surface area contributed by atoms with Crippen LogP contribution in [0.1, 0.15) is 38.0 Å². The first-order valence-corrected chi connectivity index (χ1v) is 8.49. The predicted molar refractivity (Wildman–Crippen MR) is 74.0 cm³/mol. The van der Waals surface area contributed by atoms with Crippen LogP contribution >= 0.6 is 11.3 Å². The fourth-order valence-corrected chi connectivity index (χ4v) is 5.14. The highest BCUT2D eigenvalue weighted by Gasteiger charge is 2.34. The fourth-order valence-electron chi connectivity index (χ4n) is 2.54. The Kier molecular flexibility index (Phi) is 3.82. The Labute approximate surface area is 113 Å². The van der Waals surface area contributed by atoms with Crippen molar-refractivity contribution >= 4 is 21.4 Å². The molecule has 1 aliphatic carbocycles. The second kappa shape index (κ2) is 4.92. The van der Waals surface area contributed by atoms with Gasteiger partial charge in [0.2, 0.25) is 10.0 Å². The summed E-state index contributed by atoms with van der Waals surface area (Å²) >= 11 is 1.39. The molecule has 6 heteroatoms. The van der Waals surface area contributed by atoms with Crippen LogP contribution in [0, 0.1) is 5.41 Å². The van der Waals surface area contributed by atoms with Gasteiger partial charge in [0, 0.05) is 17.5 Å². The maximum absolute atomic E-state index is 12.3. The number of nitrogens with two attached hydrogens (primary N) is 1. The summed E-state index contributed by atoms with van der Waals surface area (Å²) in [4.78, 5) is 1.07. The van der Waals surface area contributed by atoms with Gasteiger partial charge in [0.05, 0.1) is 4.90 Å². The summed E-state index contributed by atoms with van der Waals surface area (Å²) in [5.41, 5.74) is 5.80. The molecule has 0 amide bonds. The highest BCUT2D eigenvalue weighted by atomic mass is 32.2. The minimum atomic E-state index is -3.41. The zero-order valence-corrected chi connectivity index (χ0v) is 12.4. The van der Waals surface area contributed by atoms with Gasteiger partial charge in [0.25, 0.3) is 0 Å². The van der Waals surface area contributed by atoms with Crippen LogP contribution in [0.15, 0.2) is 16.3 Å². The van der Waals surface area contributed by atoms with Crippen LogP contribution in [0.4, 0.5) is 0 Å². The van der Waals surface area contributed by atoms with E-state index < -0.39 is 10.0 Å². The van der Waals surface area contributed by atoms with Gasteiger partial charge in [-0.15, -0.1) is 11.3 Å². The van der Waals surface area contributed by atoms with Crippen LogP contribution in [0.3, 0.4) is 0 Å². The topological polar surface area (TPSA) is 72.2 Å². The van der Waals surface area contributed by atoms with Crippen LogP contribution in [0.2, 0.25) is 0 Å². The van der Waals surface area contributed by atoms with Crippen LogP contribution in [0.25, 0.3) is 0 Å². The summed E-state index contributed by atoms with van der Waals surface area (Å²) in [5, 5.41) is 1.77. The van der Waals surface area contributed by atoms with Crippen molar-refractivity contribution in [2.75, 3.05) is 0 Å². The Morgan fingerprint density at radius 3 is 2.83 bits per heavy atom. The lowest BCUT2D eigenvalue weighted by molar-refractivity contribution is 0.372. The van der Waals surface area contributed by atoms with E-state index in [9.17, 15) is 8.42 Å². The molecule has 0 saturated heterocycles. The van der Waals surface area contributed by atoms with E-state index in [2.05, 4.69) is 18.6 Å². The molecule has 1 atom stereocenters. The fraction of sp³-hybridized carbons (Fsp3) is 0.667. The summed E-state index contributed by atoms with van der Waals surface area (Å²) in [7, 11) is -3.41. The Bertz CT molecular complexity index is 520. The second-order valence-electron chi connectivity index (χ2n) is 5.64. The maximum Gasteiger partial charge on any atom is 0.241 e. The minimum absolute atomic E-state index is 0.0514. The summed E-state index contributed by atoms with van der Waals surface area (Å²) in [6.45, 7) is 4.62. The number of sulfonamides is 1. The molecule has 1 aromatic heterocycles. The molecule has 1 fully saturated rings. The number of hydrogen-bond acceptors (Lipinski definition) is 4. The lowest BCUT2D eigenvalue weighted by Gasteiger charge is -2.18. The third-order valence-electron chi connectivity index (χ3n) is 3.47. The highest BCUT2D eigenvalue weighted by molar-refractivity contribution is 7.89. The largest absolute Gasteiger partial charge is 0.326 e. The number of nitrogens with one attached hydrogen (secondary N) is 1. The van der Waals surface area contributed by atoms with E-state index >= 15 is 0 Å². The Morgan fingerprint density at radius 1 is 1.56 bits per heavy atom. The molecular formula is C12H20N2O2S2. The molecule has 1 saturated carbocycles. The van der Waals surface area contributed by atoms with Crippen LogP contribution in [0.5, 0.6) is 0 Å². The van der Waals surface area contributed by atoms with Gasteiger partial charge in [-0.1, -0.05) is 13.8 Å². The number of thiophene rings is 1. The number of rotatable bonds is 4. The predicted octanol–water partition coefficient (Wildman–Crippen LogP) is 2.06. The summed E-state index contributed by atoms with van der Waals surface area (Å²) in [5.74, 6) is 0. The molecule has 102 valence electrons. The molecule has 0 aromatic carbocycles. The molecule has 0 bridgehead atoms. The first-order valence-electron chi connectivity index (χ1n) is 6.13. The number of hydrogen-bond donors (Lipinski definition) is 2. The summed E-state index contributed by atoms with van der Waals surface area (Å²) in [6, 6.07) is 1.69. The van der Waals surface area contributed by atoms with Crippen molar-refractivity contribution in [1.29, 1.82) is 0 Å². The first kappa shape index (κ1) is 14.0. The van der Waals surface area contributed by atoms with E-state index in [4.69, 9.17) is 5.73 Å². The molecule has 0 spiro atoms. The van der Waals surface area contributed by atoms with Gasteiger partial charge in [-0.2, -0.15) is 0 Å². The molecule has 0 aliphatic heterocycles. The summed E-state index contributed by atoms with van der Waals surface area (Å²) in [6.07, 6.45) is 2.87. The molecule has 4 nitrogen and oxygen atoms in total. The molecular weight excluding hydrogens is 268 g/mol. The van der Waals surface area contributed by atoms with E-state index in [1.165, 1.54) is 11.3 Å². The Hall–Kier alpha value is -0.430. The van der Waals surface area contributed by atoms with Crippen LogP contribution in [-0.4, -0.2) is 14.5 Å². The van der Waals surface area contributed by atoms with E-state index in [1.807, 2.05) is 0 Å². The smallest absolute Gasteiger partial charge is 0.241 e. The van der Waals surface area contributed by atoms with Crippen molar-refractivity contribution in [3.05, 3.63) is 16.3 Å². The van der Waals surface area contributed by atoms with Crippen LogP contribution in [-0.2, 0) is 16.6 Å². The van der Waals surface area contributed by atoms with Gasteiger partial charge in [-0.3, -0.25) is 0 Å². The van der Waals surface area contributed by atoms with E-state index in [-0.39, 0.29) is 18.0 Å². The Balaban J connectivity index is 2.14. The van der Waals surface area contributed by atoms with E-state index in [1.54, 1.807) is 11.4 Å². The molecule has 1 aliphatic rings. The van der Waals surface area contributed by atoms with E-state index in [0.29, 0.717) is 4.90 Å². The van der Waals surface area contributed by atoms with Gasteiger partial charge < -0.3 is 5.73 Å². The SMILES string of the molecule is CC1(C)CCC(NS(=O)(=O)c2ccsc2CN)C1. The average molecular weight is 288 g/mol. The standard InChI is InChI=1S/C12H20N2O2S2/c1-12(2)5-3-9(7-12)14-18(15,16)11-4-6-17-10(11)8-13/h4,6,9,14H,3,5,7-8,13H2,1-2H3. The van der Waals surface area contributed by atoms with Crippen molar-refractivity contribution in [3.8, 4) is 0 Å². The lowest BCUT2D eigenvalue weighted by atomic mass is 9.92. The third-order valence-corrected chi connectivity index (χ3v) is 6.15. The monoisotopic (exact) mass is 288 g/mol. The van der Waals surface area contributed by atoms with E-state index in [0.717, 1.165) is 24.1 Å². The normalized spacial score (nSPS) is 23.4. The molecule has 3 N–H and O–H groups in total. The van der Waals surface area contributed by atoms with Gasteiger partial charge in [-0.05, 0) is 36.1 Å². The molecule has 18 heavy (non-hydrogen) atoms.